The van der Waals surface area contributed by atoms with Crippen LogP contribution >= 0.6 is 30.4 Å². The van der Waals surface area contributed by atoms with E-state index in [2.05, 4.69) is 0 Å². The Morgan fingerprint density at radius 3 is 0.641 bits per heavy atom. The molecule has 1 aliphatic carbocycles. The number of ether oxygens (including phenoxy) is 4. The van der Waals surface area contributed by atoms with Crippen LogP contribution in [0.2, 0.25) is 0 Å². The Labute approximate surface area is 375 Å². The second kappa shape index (κ2) is 22.0. The van der Waals surface area contributed by atoms with E-state index in [9.17, 15) is 37.8 Å². The maximum atomic E-state index is 13.8. The molecule has 5 rings (SSSR count). The van der Waals surface area contributed by atoms with Crippen LogP contribution in [-0.4, -0.2) is 74.4 Å². The largest absolute Gasteiger partial charge is 0.493 e. The van der Waals surface area contributed by atoms with E-state index in [1.807, 2.05) is 27.7 Å². The Balaban J connectivity index is 2.07. The van der Waals surface area contributed by atoms with Crippen LogP contribution in [0.4, 0.5) is 0 Å². The SMILES string of the molecule is CCCOc1c2cc(P(=O)(O)OC)cc1Cc1cc(P(=O)(O)OC)cc(c1OCCC)Cc1cc(P(=O)(O)OC)cc(c1OCCC)Cc1cc(P(=O)(O)OC)cc(c1OCCC)C2. The maximum absolute atomic E-state index is 13.8. The highest BCUT2D eigenvalue weighted by molar-refractivity contribution is 7.62. The van der Waals surface area contributed by atoms with Crippen LogP contribution < -0.4 is 40.2 Å². The quantitative estimate of drug-likeness (QED) is 0.0560. The molecule has 4 aromatic carbocycles. The van der Waals surface area contributed by atoms with Crippen molar-refractivity contribution in [3.8, 4) is 23.0 Å². The molecule has 352 valence electrons. The summed E-state index contributed by atoms with van der Waals surface area (Å²) < 4.78 is 102. The predicted molar refractivity (Wildman–Crippen MR) is 246 cm³/mol. The highest BCUT2D eigenvalue weighted by Crippen LogP contribution is 2.48. The van der Waals surface area contributed by atoms with Crippen molar-refractivity contribution in [2.24, 2.45) is 0 Å². The van der Waals surface area contributed by atoms with Crippen LogP contribution in [-0.2, 0) is 62.0 Å². The zero-order valence-corrected chi connectivity index (χ0v) is 41.2. The third-order valence-corrected chi connectivity index (χ3v) is 16.2. The summed E-state index contributed by atoms with van der Waals surface area (Å²) in [6.45, 7) is 8.61. The minimum absolute atomic E-state index is 0.0762. The van der Waals surface area contributed by atoms with Crippen LogP contribution in [0.3, 0.4) is 0 Å². The van der Waals surface area contributed by atoms with E-state index in [-0.39, 0.29) is 73.3 Å². The first kappa shape index (κ1) is 51.7. The van der Waals surface area contributed by atoms with Crippen molar-refractivity contribution in [2.75, 3.05) is 54.9 Å². The molecule has 0 aliphatic heterocycles. The number of fused-ring (bicyclic) bond motifs is 8. The van der Waals surface area contributed by atoms with Crippen molar-refractivity contribution >= 4 is 51.6 Å². The summed E-state index contributed by atoms with van der Waals surface area (Å²) in [5.74, 6) is 1.32. The van der Waals surface area contributed by atoms with E-state index < -0.39 is 30.4 Å². The molecule has 0 fully saturated rings. The molecule has 0 amide bonds. The fraction of sp³-hybridized carbons (Fsp3) is 0.455. The van der Waals surface area contributed by atoms with Crippen molar-refractivity contribution in [1.29, 1.82) is 0 Å². The van der Waals surface area contributed by atoms with Crippen molar-refractivity contribution in [3.05, 3.63) is 93.0 Å². The van der Waals surface area contributed by atoms with E-state index in [0.717, 1.165) is 28.4 Å². The molecule has 16 nitrogen and oxygen atoms in total. The van der Waals surface area contributed by atoms with Crippen LogP contribution in [0, 0.1) is 0 Å². The molecule has 4 aromatic rings. The minimum Gasteiger partial charge on any atom is -0.493 e. The second-order valence-electron chi connectivity index (χ2n) is 15.3. The highest BCUT2D eigenvalue weighted by atomic mass is 31.2. The third kappa shape index (κ3) is 11.8. The molecule has 4 atom stereocenters. The first-order chi connectivity index (χ1) is 30.3. The van der Waals surface area contributed by atoms with Gasteiger partial charge in [0.05, 0.1) is 47.6 Å². The van der Waals surface area contributed by atoms with Gasteiger partial charge in [-0.2, -0.15) is 0 Å². The average Bonchev–Trinajstić information content (AvgIpc) is 3.27. The molecule has 1 aliphatic rings. The number of benzene rings is 4. The van der Waals surface area contributed by atoms with Crippen molar-refractivity contribution in [2.45, 2.75) is 79.1 Å². The Bertz CT molecular complexity index is 2070. The smallest absolute Gasteiger partial charge is 0.358 e. The zero-order chi connectivity index (χ0) is 47.0. The average molecular weight is 969 g/mol. The molecule has 0 spiro atoms. The van der Waals surface area contributed by atoms with Gasteiger partial charge in [-0.05, 0) is 119 Å². The van der Waals surface area contributed by atoms with Gasteiger partial charge >= 0.3 is 30.4 Å². The first-order valence-corrected chi connectivity index (χ1v) is 27.3. The van der Waals surface area contributed by atoms with Crippen LogP contribution in [0.1, 0.15) is 97.9 Å². The van der Waals surface area contributed by atoms with E-state index in [1.54, 1.807) is 0 Å². The molecule has 20 heteroatoms. The van der Waals surface area contributed by atoms with E-state index in [1.165, 1.54) is 48.5 Å². The summed E-state index contributed by atoms with van der Waals surface area (Å²) in [5, 5.41) is -0.311. The summed E-state index contributed by atoms with van der Waals surface area (Å²) in [6.07, 6.45) is 2.03. The van der Waals surface area contributed by atoms with Gasteiger partial charge < -0.3 is 56.6 Å². The molecule has 0 heterocycles. The van der Waals surface area contributed by atoms with Crippen molar-refractivity contribution in [3.63, 3.8) is 0 Å². The molecule has 64 heavy (non-hydrogen) atoms. The second-order valence-corrected chi connectivity index (χ2v) is 23.0. The fourth-order valence-corrected chi connectivity index (χ4v) is 10.8. The van der Waals surface area contributed by atoms with Gasteiger partial charge in [-0.1, -0.05) is 27.7 Å². The Morgan fingerprint density at radius 1 is 0.359 bits per heavy atom. The molecule has 0 saturated carbocycles. The molecule has 0 aromatic heterocycles. The van der Waals surface area contributed by atoms with E-state index in [0.29, 0.717) is 93.2 Å². The summed E-state index contributed by atoms with van der Waals surface area (Å²) in [7, 11) is -13.4. The molecule has 4 unspecified atom stereocenters. The van der Waals surface area contributed by atoms with Gasteiger partial charge in [-0.3, -0.25) is 18.3 Å². The van der Waals surface area contributed by atoms with Gasteiger partial charge in [0.2, 0.25) is 0 Å². The molecule has 0 radical (unpaired) electrons. The monoisotopic (exact) mass is 968 g/mol. The van der Waals surface area contributed by atoms with Crippen molar-refractivity contribution < 1.29 is 74.9 Å². The molecule has 0 saturated heterocycles. The number of hydrogen-bond donors (Lipinski definition) is 4. The first-order valence-electron chi connectivity index (χ1n) is 21.0. The number of hydrogen-bond acceptors (Lipinski definition) is 12. The summed E-state index contributed by atoms with van der Waals surface area (Å²) >= 11 is 0. The van der Waals surface area contributed by atoms with Crippen molar-refractivity contribution in [1.82, 2.24) is 0 Å². The van der Waals surface area contributed by atoms with E-state index in [4.69, 9.17) is 37.0 Å². The highest BCUT2D eigenvalue weighted by Gasteiger charge is 2.33. The van der Waals surface area contributed by atoms with Gasteiger partial charge in [0.15, 0.2) is 0 Å². The lowest BCUT2D eigenvalue weighted by Gasteiger charge is -2.25. The van der Waals surface area contributed by atoms with Gasteiger partial charge in [0.1, 0.15) is 23.0 Å². The lowest BCUT2D eigenvalue weighted by molar-refractivity contribution is 0.304. The van der Waals surface area contributed by atoms with Gasteiger partial charge in [0.25, 0.3) is 0 Å². The molecular weight excluding hydrogens is 908 g/mol. The minimum atomic E-state index is -4.47. The lowest BCUT2D eigenvalue weighted by Crippen LogP contribution is -2.18. The van der Waals surface area contributed by atoms with Gasteiger partial charge in [0, 0.05) is 54.1 Å². The molecular formula is C44H60O16P4. The molecule has 8 bridgehead atoms. The predicted octanol–water partition coefficient (Wildman–Crippen LogP) is 7.35. The normalized spacial score (nSPS) is 16.4. The maximum Gasteiger partial charge on any atom is 0.358 e. The summed E-state index contributed by atoms with van der Waals surface area (Å²) in [6, 6.07) is 11.9. The van der Waals surface area contributed by atoms with Crippen LogP contribution in [0.15, 0.2) is 48.5 Å². The Kier molecular flexibility index (Phi) is 17.7. The lowest BCUT2D eigenvalue weighted by atomic mass is 9.91. The van der Waals surface area contributed by atoms with E-state index >= 15 is 0 Å². The van der Waals surface area contributed by atoms with Crippen LogP contribution in [0.5, 0.6) is 23.0 Å². The molecule has 4 N–H and O–H groups in total. The third-order valence-electron chi connectivity index (χ3n) is 10.5. The van der Waals surface area contributed by atoms with Crippen LogP contribution in [0.25, 0.3) is 0 Å². The zero-order valence-electron chi connectivity index (χ0n) is 37.6. The van der Waals surface area contributed by atoms with Gasteiger partial charge in [-0.15, -0.1) is 0 Å². The Hall–Kier alpha value is -3.32. The summed E-state index contributed by atoms with van der Waals surface area (Å²) in [5.41, 5.74) is 3.14. The topological polar surface area (TPSA) is 223 Å². The Morgan fingerprint density at radius 2 is 0.516 bits per heavy atom. The van der Waals surface area contributed by atoms with Gasteiger partial charge in [-0.25, -0.2) is 0 Å². The number of rotatable bonds is 20. The fourth-order valence-electron chi connectivity index (χ4n) is 7.45. The summed E-state index contributed by atoms with van der Waals surface area (Å²) in [4.78, 5) is 44.9. The standard InChI is InChI=1S/C44H60O16P4/c1-9-13-57-41-29-17-31-23-38(62(47,48)54-6)25-33(42(31)58-14-10-2)19-35-27-40(64(51,52)56-8)28-36(44(35)60-16-12-4)20-34-26-39(63(49,50)55-7)24-32(43(34)59-15-11-3)18-30(41)22-37(21-29)61(45,46)53-5/h21-28H,9-20H2,1-8H3,(H,45,46)(H,47,48)(H,49,50)(H,51,52).